The van der Waals surface area contributed by atoms with Gasteiger partial charge in [-0.15, -0.1) is 11.3 Å². The second-order valence-electron chi connectivity index (χ2n) is 5.32. The van der Waals surface area contributed by atoms with E-state index >= 15 is 0 Å². The molecular formula is C15H21N3OS. The minimum Gasteiger partial charge on any atom is -0.381 e. The van der Waals surface area contributed by atoms with Crippen LogP contribution in [0.3, 0.4) is 0 Å². The summed E-state index contributed by atoms with van der Waals surface area (Å²) in [6.45, 7) is 6.91. The number of aromatic nitrogens is 2. The van der Waals surface area contributed by atoms with Crippen molar-refractivity contribution in [3.8, 4) is 0 Å². The van der Waals surface area contributed by atoms with Crippen molar-refractivity contribution in [3.05, 3.63) is 16.8 Å². The SMILES string of the molecule is CCCNc1nc(C2CCOCC2)nc2sc(C)cc12. The standard InChI is InChI=1S/C15H21N3OS/c1-3-6-16-14-12-9-10(2)20-15(12)18-13(17-14)11-4-7-19-8-5-11/h9,11H,3-8H2,1-2H3,(H,16,17,18). The summed E-state index contributed by atoms with van der Waals surface area (Å²) in [4.78, 5) is 12.0. The summed E-state index contributed by atoms with van der Waals surface area (Å²) in [6, 6.07) is 2.19. The lowest BCUT2D eigenvalue weighted by molar-refractivity contribution is 0.0837. The lowest BCUT2D eigenvalue weighted by Gasteiger charge is -2.21. The van der Waals surface area contributed by atoms with Gasteiger partial charge in [0.2, 0.25) is 0 Å². The largest absolute Gasteiger partial charge is 0.381 e. The fraction of sp³-hybridized carbons (Fsp3) is 0.600. The van der Waals surface area contributed by atoms with Gasteiger partial charge in [0, 0.05) is 30.6 Å². The summed E-state index contributed by atoms with van der Waals surface area (Å²) >= 11 is 1.76. The minimum atomic E-state index is 0.442. The predicted octanol–water partition coefficient (Wildman–Crippen LogP) is 3.72. The molecule has 0 aliphatic carbocycles. The van der Waals surface area contributed by atoms with E-state index in [1.54, 1.807) is 11.3 Å². The molecule has 20 heavy (non-hydrogen) atoms. The number of anilines is 1. The topological polar surface area (TPSA) is 47.0 Å². The Kier molecular flexibility index (Phi) is 4.17. The van der Waals surface area contributed by atoms with Gasteiger partial charge in [0.05, 0.1) is 5.39 Å². The molecule has 0 radical (unpaired) electrons. The Morgan fingerprint density at radius 2 is 2.15 bits per heavy atom. The highest BCUT2D eigenvalue weighted by molar-refractivity contribution is 7.18. The average Bonchev–Trinajstić information content (AvgIpc) is 2.86. The molecule has 0 bridgehead atoms. The maximum absolute atomic E-state index is 5.44. The van der Waals surface area contributed by atoms with Crippen LogP contribution in [0.4, 0.5) is 5.82 Å². The highest BCUT2D eigenvalue weighted by atomic mass is 32.1. The molecular weight excluding hydrogens is 270 g/mol. The van der Waals surface area contributed by atoms with Crippen molar-refractivity contribution >= 4 is 27.4 Å². The number of nitrogens with zero attached hydrogens (tertiary/aromatic N) is 2. The zero-order valence-corrected chi connectivity index (χ0v) is 12.9. The number of hydrogen-bond acceptors (Lipinski definition) is 5. The first-order valence-electron chi connectivity index (χ1n) is 7.37. The number of nitrogens with one attached hydrogen (secondary N) is 1. The lowest BCUT2D eigenvalue weighted by Crippen LogP contribution is -2.17. The fourth-order valence-corrected chi connectivity index (χ4v) is 3.46. The maximum Gasteiger partial charge on any atom is 0.138 e. The molecule has 1 N–H and O–H groups in total. The van der Waals surface area contributed by atoms with Gasteiger partial charge in [-0.05, 0) is 32.3 Å². The summed E-state index contributed by atoms with van der Waals surface area (Å²) in [5.74, 6) is 2.43. The molecule has 108 valence electrons. The number of hydrogen-bond donors (Lipinski definition) is 1. The van der Waals surface area contributed by atoms with Crippen LogP contribution in [0.2, 0.25) is 0 Å². The van der Waals surface area contributed by atoms with E-state index in [2.05, 4.69) is 25.2 Å². The zero-order valence-electron chi connectivity index (χ0n) is 12.1. The first-order valence-corrected chi connectivity index (χ1v) is 8.19. The monoisotopic (exact) mass is 291 g/mol. The van der Waals surface area contributed by atoms with Crippen LogP contribution in [0.5, 0.6) is 0 Å². The summed E-state index contributed by atoms with van der Waals surface area (Å²) in [5.41, 5.74) is 0. The highest BCUT2D eigenvalue weighted by Crippen LogP contribution is 2.32. The molecule has 3 rings (SSSR count). The number of fused-ring (bicyclic) bond motifs is 1. The van der Waals surface area contributed by atoms with Crippen LogP contribution in [0, 0.1) is 6.92 Å². The molecule has 1 saturated heterocycles. The Morgan fingerprint density at radius 1 is 1.35 bits per heavy atom. The van der Waals surface area contributed by atoms with E-state index in [9.17, 15) is 0 Å². The molecule has 0 amide bonds. The molecule has 2 aromatic heterocycles. The number of aryl methyl sites for hydroxylation is 1. The Labute approximate surface area is 123 Å². The van der Waals surface area contributed by atoms with Crippen molar-refractivity contribution in [2.75, 3.05) is 25.1 Å². The molecule has 1 fully saturated rings. The van der Waals surface area contributed by atoms with E-state index in [1.807, 2.05) is 0 Å². The molecule has 0 spiro atoms. The van der Waals surface area contributed by atoms with Crippen molar-refractivity contribution in [2.24, 2.45) is 0 Å². The second kappa shape index (κ2) is 6.06. The molecule has 0 atom stereocenters. The fourth-order valence-electron chi connectivity index (χ4n) is 2.57. The van der Waals surface area contributed by atoms with E-state index in [0.29, 0.717) is 5.92 Å². The summed E-state index contributed by atoms with van der Waals surface area (Å²) in [6.07, 6.45) is 3.16. The third kappa shape index (κ3) is 2.79. The van der Waals surface area contributed by atoms with Crippen LogP contribution in [0.25, 0.3) is 10.2 Å². The zero-order chi connectivity index (χ0) is 13.9. The van der Waals surface area contributed by atoms with Crippen LogP contribution in [0.15, 0.2) is 6.07 Å². The minimum absolute atomic E-state index is 0.442. The third-order valence-electron chi connectivity index (χ3n) is 3.66. The van der Waals surface area contributed by atoms with Gasteiger partial charge in [-0.1, -0.05) is 6.92 Å². The van der Waals surface area contributed by atoms with E-state index in [-0.39, 0.29) is 0 Å². The van der Waals surface area contributed by atoms with Crippen molar-refractivity contribution in [1.29, 1.82) is 0 Å². The molecule has 4 nitrogen and oxygen atoms in total. The molecule has 1 aliphatic rings. The Balaban J connectivity index is 1.99. The van der Waals surface area contributed by atoms with Gasteiger partial charge in [0.1, 0.15) is 16.5 Å². The van der Waals surface area contributed by atoms with Crippen molar-refractivity contribution < 1.29 is 4.74 Å². The molecule has 0 unspecified atom stereocenters. The normalized spacial score (nSPS) is 16.7. The molecule has 2 aromatic rings. The first kappa shape index (κ1) is 13.8. The van der Waals surface area contributed by atoms with Crippen molar-refractivity contribution in [1.82, 2.24) is 9.97 Å². The highest BCUT2D eigenvalue weighted by Gasteiger charge is 2.21. The van der Waals surface area contributed by atoms with Crippen molar-refractivity contribution in [2.45, 2.75) is 39.0 Å². The first-order chi connectivity index (χ1) is 9.78. The third-order valence-corrected chi connectivity index (χ3v) is 4.61. The smallest absolute Gasteiger partial charge is 0.138 e. The van der Waals surface area contributed by atoms with E-state index in [4.69, 9.17) is 14.7 Å². The molecule has 5 heteroatoms. The predicted molar refractivity (Wildman–Crippen MR) is 83.7 cm³/mol. The van der Waals surface area contributed by atoms with Gasteiger partial charge in [0.15, 0.2) is 0 Å². The van der Waals surface area contributed by atoms with Gasteiger partial charge in [-0.3, -0.25) is 0 Å². The average molecular weight is 291 g/mol. The van der Waals surface area contributed by atoms with Crippen LogP contribution < -0.4 is 5.32 Å². The summed E-state index contributed by atoms with van der Waals surface area (Å²) in [5, 5.41) is 4.62. The van der Waals surface area contributed by atoms with Gasteiger partial charge < -0.3 is 10.1 Å². The summed E-state index contributed by atoms with van der Waals surface area (Å²) in [7, 11) is 0. The van der Waals surface area contributed by atoms with Gasteiger partial charge in [-0.25, -0.2) is 9.97 Å². The van der Waals surface area contributed by atoms with E-state index in [0.717, 1.165) is 60.9 Å². The van der Waals surface area contributed by atoms with Crippen LogP contribution >= 0.6 is 11.3 Å². The quantitative estimate of drug-likeness (QED) is 0.932. The molecule has 0 saturated carbocycles. The Hall–Kier alpha value is -1.20. The van der Waals surface area contributed by atoms with E-state index in [1.165, 1.54) is 4.88 Å². The van der Waals surface area contributed by atoms with Crippen LogP contribution in [-0.2, 0) is 4.74 Å². The molecule has 0 aromatic carbocycles. The maximum atomic E-state index is 5.44. The number of thiophene rings is 1. The van der Waals surface area contributed by atoms with Gasteiger partial charge in [0.25, 0.3) is 0 Å². The number of rotatable bonds is 4. The van der Waals surface area contributed by atoms with E-state index < -0.39 is 0 Å². The second-order valence-corrected chi connectivity index (χ2v) is 6.55. The van der Waals surface area contributed by atoms with Crippen LogP contribution in [-0.4, -0.2) is 29.7 Å². The summed E-state index contributed by atoms with van der Waals surface area (Å²) < 4.78 is 5.44. The van der Waals surface area contributed by atoms with Crippen LogP contribution in [0.1, 0.15) is 42.8 Å². The van der Waals surface area contributed by atoms with Gasteiger partial charge >= 0.3 is 0 Å². The molecule has 3 heterocycles. The van der Waals surface area contributed by atoms with Crippen molar-refractivity contribution in [3.63, 3.8) is 0 Å². The Bertz CT molecular complexity index is 590. The Morgan fingerprint density at radius 3 is 2.90 bits per heavy atom. The molecule has 1 aliphatic heterocycles. The number of ether oxygens (including phenoxy) is 1. The lowest BCUT2D eigenvalue weighted by atomic mass is 9.99. The van der Waals surface area contributed by atoms with Gasteiger partial charge in [-0.2, -0.15) is 0 Å².